The molecule has 0 rings (SSSR count). The summed E-state index contributed by atoms with van der Waals surface area (Å²) < 4.78 is 0.842. The van der Waals surface area contributed by atoms with Gasteiger partial charge in [-0.1, -0.05) is 22.5 Å². The molecule has 0 aromatic heterocycles. The molecule has 0 heterocycles. The second-order valence-corrected chi connectivity index (χ2v) is 4.34. The Morgan fingerprint density at radius 2 is 2.09 bits per heavy atom. The van der Waals surface area contributed by atoms with Crippen molar-refractivity contribution in [3.63, 3.8) is 0 Å². The summed E-state index contributed by atoms with van der Waals surface area (Å²) in [5.74, 6) is 0. The van der Waals surface area contributed by atoms with Crippen LogP contribution in [-0.2, 0) is 0 Å². The second kappa shape index (κ2) is 4.47. The summed E-state index contributed by atoms with van der Waals surface area (Å²) >= 11 is 3.19. The number of hydrogen-bond acceptors (Lipinski definition) is 2. The molecule has 0 spiro atoms. The molecule has 0 aromatic carbocycles. The summed E-state index contributed by atoms with van der Waals surface area (Å²) in [6.45, 7) is 10.2. The fourth-order valence-corrected chi connectivity index (χ4v) is 0.432. The third kappa shape index (κ3) is 9.60. The maximum absolute atomic E-state index is 4.05. The molecule has 0 fully saturated rings. The minimum Gasteiger partial charge on any atom is -0.220 e. The summed E-state index contributed by atoms with van der Waals surface area (Å²) in [6.07, 6.45) is 0. The monoisotopic (exact) mass is 216 g/mol. The van der Waals surface area contributed by atoms with E-state index in [1.54, 1.807) is 0 Å². The van der Waals surface area contributed by atoms with E-state index in [9.17, 15) is 0 Å². The SMILES string of the molecule is C=C(Br)CN=C=NC(C)(C)C. The van der Waals surface area contributed by atoms with Crippen LogP contribution in [0.15, 0.2) is 21.0 Å². The quantitative estimate of drug-likeness (QED) is 0.635. The van der Waals surface area contributed by atoms with Crippen molar-refractivity contribution in [2.45, 2.75) is 26.3 Å². The van der Waals surface area contributed by atoms with Crippen LogP contribution < -0.4 is 0 Å². The Morgan fingerprint density at radius 1 is 1.55 bits per heavy atom. The molecule has 0 aliphatic carbocycles. The van der Waals surface area contributed by atoms with Crippen LogP contribution >= 0.6 is 15.9 Å². The standard InChI is InChI=1S/C8H13BrN2/c1-7(9)5-10-6-11-8(2,3)4/h1,5H2,2-4H3. The molecular weight excluding hydrogens is 204 g/mol. The van der Waals surface area contributed by atoms with Crippen molar-refractivity contribution in [3.8, 4) is 0 Å². The van der Waals surface area contributed by atoms with Crippen LogP contribution in [0, 0.1) is 0 Å². The van der Waals surface area contributed by atoms with Gasteiger partial charge in [0.05, 0.1) is 18.1 Å². The minimum absolute atomic E-state index is 0.0862. The molecule has 62 valence electrons. The van der Waals surface area contributed by atoms with E-state index in [1.807, 2.05) is 20.8 Å². The number of aliphatic imine (C=N–C) groups is 2. The lowest BCUT2D eigenvalue weighted by Crippen LogP contribution is -2.08. The van der Waals surface area contributed by atoms with Crippen molar-refractivity contribution in [2.75, 3.05) is 6.54 Å². The molecule has 0 radical (unpaired) electrons. The first-order chi connectivity index (χ1) is 4.92. The van der Waals surface area contributed by atoms with Crippen LogP contribution in [-0.4, -0.2) is 18.1 Å². The van der Waals surface area contributed by atoms with Gasteiger partial charge in [0, 0.05) is 4.48 Å². The van der Waals surface area contributed by atoms with Gasteiger partial charge in [0.25, 0.3) is 0 Å². The third-order valence-electron chi connectivity index (χ3n) is 0.707. The highest BCUT2D eigenvalue weighted by Crippen LogP contribution is 2.04. The highest BCUT2D eigenvalue weighted by molar-refractivity contribution is 9.11. The molecule has 0 bridgehead atoms. The Kier molecular flexibility index (Phi) is 4.31. The van der Waals surface area contributed by atoms with Gasteiger partial charge in [-0.3, -0.25) is 0 Å². The Hall–Kier alpha value is -0.400. The first-order valence-electron chi connectivity index (χ1n) is 3.38. The summed E-state index contributed by atoms with van der Waals surface area (Å²) in [6, 6.07) is 2.62. The Bertz CT molecular complexity index is 195. The van der Waals surface area contributed by atoms with Gasteiger partial charge >= 0.3 is 0 Å². The Balaban J connectivity index is 3.92. The van der Waals surface area contributed by atoms with E-state index in [-0.39, 0.29) is 5.54 Å². The van der Waals surface area contributed by atoms with Gasteiger partial charge in [-0.15, -0.1) is 0 Å². The average molecular weight is 217 g/mol. The Morgan fingerprint density at radius 3 is 2.45 bits per heavy atom. The van der Waals surface area contributed by atoms with Crippen molar-refractivity contribution in [2.24, 2.45) is 9.98 Å². The van der Waals surface area contributed by atoms with E-state index >= 15 is 0 Å². The van der Waals surface area contributed by atoms with Gasteiger partial charge in [0.15, 0.2) is 0 Å². The zero-order chi connectivity index (χ0) is 8.91. The van der Waals surface area contributed by atoms with E-state index in [1.165, 1.54) is 0 Å². The second-order valence-electron chi connectivity index (χ2n) is 3.22. The number of rotatable bonds is 2. The topological polar surface area (TPSA) is 24.7 Å². The lowest BCUT2D eigenvalue weighted by atomic mass is 10.1. The Labute approximate surface area is 76.3 Å². The number of halogens is 1. The lowest BCUT2D eigenvalue weighted by molar-refractivity contribution is 0.587. The van der Waals surface area contributed by atoms with E-state index < -0.39 is 0 Å². The first kappa shape index (κ1) is 10.6. The van der Waals surface area contributed by atoms with E-state index in [2.05, 4.69) is 38.5 Å². The van der Waals surface area contributed by atoms with Crippen LogP contribution in [0.3, 0.4) is 0 Å². The van der Waals surface area contributed by atoms with E-state index in [0.717, 1.165) is 4.48 Å². The van der Waals surface area contributed by atoms with Gasteiger partial charge in [-0.05, 0) is 20.8 Å². The average Bonchev–Trinajstić information content (AvgIpc) is 1.78. The molecule has 0 unspecified atom stereocenters. The van der Waals surface area contributed by atoms with Crippen molar-refractivity contribution in [3.05, 3.63) is 11.1 Å². The molecular formula is C8H13BrN2. The molecule has 2 nitrogen and oxygen atoms in total. The molecule has 0 saturated carbocycles. The maximum Gasteiger partial charge on any atom is 0.0901 e. The number of nitrogens with zero attached hydrogens (tertiary/aromatic N) is 2. The molecule has 0 aliphatic heterocycles. The van der Waals surface area contributed by atoms with Crippen molar-refractivity contribution in [1.29, 1.82) is 0 Å². The van der Waals surface area contributed by atoms with Crippen LogP contribution in [0.25, 0.3) is 0 Å². The van der Waals surface area contributed by atoms with Crippen LogP contribution in [0.1, 0.15) is 20.8 Å². The van der Waals surface area contributed by atoms with Gasteiger partial charge in [0.1, 0.15) is 0 Å². The van der Waals surface area contributed by atoms with Gasteiger partial charge in [0.2, 0.25) is 0 Å². The summed E-state index contributed by atoms with van der Waals surface area (Å²) in [4.78, 5) is 7.94. The molecule has 0 aliphatic rings. The van der Waals surface area contributed by atoms with Gasteiger partial charge in [-0.2, -0.15) is 0 Å². The summed E-state index contributed by atoms with van der Waals surface area (Å²) in [5, 5.41) is 0. The molecule has 0 amide bonds. The highest BCUT2D eigenvalue weighted by Gasteiger charge is 2.03. The lowest BCUT2D eigenvalue weighted by Gasteiger charge is -2.06. The molecule has 3 heteroatoms. The third-order valence-corrected chi connectivity index (χ3v) is 0.958. The predicted molar refractivity (Wildman–Crippen MR) is 52.6 cm³/mol. The minimum atomic E-state index is -0.0862. The fraction of sp³-hybridized carbons (Fsp3) is 0.625. The van der Waals surface area contributed by atoms with Gasteiger partial charge in [-0.25, -0.2) is 9.98 Å². The van der Waals surface area contributed by atoms with Crippen LogP contribution in [0.2, 0.25) is 0 Å². The largest absolute Gasteiger partial charge is 0.220 e. The molecule has 0 N–H and O–H groups in total. The maximum atomic E-state index is 4.05. The molecule has 0 aromatic rings. The van der Waals surface area contributed by atoms with Gasteiger partial charge < -0.3 is 0 Å². The normalized spacial score (nSPS) is 10.2. The van der Waals surface area contributed by atoms with Crippen LogP contribution in [0.5, 0.6) is 0 Å². The number of hydrogen-bond donors (Lipinski definition) is 0. The zero-order valence-electron chi connectivity index (χ0n) is 7.19. The molecule has 0 saturated heterocycles. The smallest absolute Gasteiger partial charge is 0.0901 e. The van der Waals surface area contributed by atoms with E-state index in [0.29, 0.717) is 6.54 Å². The van der Waals surface area contributed by atoms with Crippen molar-refractivity contribution in [1.82, 2.24) is 0 Å². The molecule has 0 atom stereocenters. The molecule has 11 heavy (non-hydrogen) atoms. The fourth-order valence-electron chi connectivity index (χ4n) is 0.306. The van der Waals surface area contributed by atoms with E-state index in [4.69, 9.17) is 0 Å². The van der Waals surface area contributed by atoms with Crippen molar-refractivity contribution >= 4 is 21.9 Å². The first-order valence-corrected chi connectivity index (χ1v) is 4.18. The zero-order valence-corrected chi connectivity index (χ0v) is 8.77. The predicted octanol–water partition coefficient (Wildman–Crippen LogP) is 2.87. The highest BCUT2D eigenvalue weighted by atomic mass is 79.9. The summed E-state index contributed by atoms with van der Waals surface area (Å²) in [7, 11) is 0. The van der Waals surface area contributed by atoms with Crippen molar-refractivity contribution < 1.29 is 0 Å². The van der Waals surface area contributed by atoms with Crippen LogP contribution in [0.4, 0.5) is 0 Å². The summed E-state index contributed by atoms with van der Waals surface area (Å²) in [5.41, 5.74) is -0.0862.